The summed E-state index contributed by atoms with van der Waals surface area (Å²) in [5, 5.41) is 21.9. The number of rotatable bonds is 6. The van der Waals surface area contributed by atoms with Crippen LogP contribution in [0.2, 0.25) is 0 Å². The van der Waals surface area contributed by atoms with E-state index in [0.29, 0.717) is 18.0 Å². The Balaban J connectivity index is 2.34. The SMILES string of the molecule is COCc1cc(/N=C2/C=C(NC(C)CO)C(=O)C=C2O)ccc1N. The molecular formula is C17H21N3O4. The Hall–Kier alpha value is -2.64. The van der Waals surface area contributed by atoms with Gasteiger partial charge in [-0.05, 0) is 31.2 Å². The van der Waals surface area contributed by atoms with Crippen LogP contribution in [0.3, 0.4) is 0 Å². The predicted molar refractivity (Wildman–Crippen MR) is 92.1 cm³/mol. The zero-order chi connectivity index (χ0) is 17.7. The molecule has 7 heteroatoms. The van der Waals surface area contributed by atoms with E-state index in [-0.39, 0.29) is 35.6 Å². The molecular weight excluding hydrogens is 310 g/mol. The highest BCUT2D eigenvalue weighted by molar-refractivity contribution is 6.21. The molecule has 0 saturated heterocycles. The molecule has 0 aliphatic heterocycles. The first-order valence-corrected chi connectivity index (χ1v) is 7.45. The molecule has 0 bridgehead atoms. The molecule has 1 aliphatic rings. The van der Waals surface area contributed by atoms with Gasteiger partial charge >= 0.3 is 0 Å². The summed E-state index contributed by atoms with van der Waals surface area (Å²) in [6.07, 6.45) is 2.55. The molecule has 0 aromatic heterocycles. The fraction of sp³-hybridized carbons (Fsp3) is 0.294. The molecule has 0 spiro atoms. The zero-order valence-corrected chi connectivity index (χ0v) is 13.6. The van der Waals surface area contributed by atoms with Gasteiger partial charge in [0, 0.05) is 30.5 Å². The Labute approximate surface area is 140 Å². The van der Waals surface area contributed by atoms with Gasteiger partial charge in [0.1, 0.15) is 11.5 Å². The number of ether oxygens (including phenoxy) is 1. The smallest absolute Gasteiger partial charge is 0.205 e. The third kappa shape index (κ3) is 4.21. The van der Waals surface area contributed by atoms with Crippen molar-refractivity contribution in [1.29, 1.82) is 0 Å². The summed E-state index contributed by atoms with van der Waals surface area (Å²) in [6.45, 7) is 1.97. The Bertz CT molecular complexity index is 723. The number of aliphatic imine (C=N–C) groups is 1. The van der Waals surface area contributed by atoms with Gasteiger partial charge in [-0.25, -0.2) is 4.99 Å². The average Bonchev–Trinajstić information content (AvgIpc) is 2.55. The van der Waals surface area contributed by atoms with Gasteiger partial charge < -0.3 is 26.0 Å². The molecule has 24 heavy (non-hydrogen) atoms. The van der Waals surface area contributed by atoms with Crippen molar-refractivity contribution < 1.29 is 19.7 Å². The molecule has 0 saturated carbocycles. The number of nitrogens with one attached hydrogen (secondary N) is 1. The van der Waals surface area contributed by atoms with E-state index < -0.39 is 0 Å². The van der Waals surface area contributed by atoms with Crippen LogP contribution in [0.1, 0.15) is 12.5 Å². The van der Waals surface area contributed by atoms with Crippen molar-refractivity contribution in [3.8, 4) is 0 Å². The molecule has 7 nitrogen and oxygen atoms in total. The summed E-state index contributed by atoms with van der Waals surface area (Å²) >= 11 is 0. The molecule has 5 N–H and O–H groups in total. The Morgan fingerprint density at radius 1 is 1.38 bits per heavy atom. The Kier molecular flexibility index (Phi) is 5.73. The first-order valence-electron chi connectivity index (χ1n) is 7.45. The van der Waals surface area contributed by atoms with Crippen LogP contribution in [-0.4, -0.2) is 41.5 Å². The van der Waals surface area contributed by atoms with Crippen LogP contribution < -0.4 is 11.1 Å². The summed E-state index contributed by atoms with van der Waals surface area (Å²) in [5.41, 5.74) is 8.33. The Morgan fingerprint density at radius 3 is 2.79 bits per heavy atom. The van der Waals surface area contributed by atoms with Crippen molar-refractivity contribution in [1.82, 2.24) is 5.32 Å². The zero-order valence-electron chi connectivity index (χ0n) is 13.6. The highest BCUT2D eigenvalue weighted by atomic mass is 16.5. The average molecular weight is 331 g/mol. The van der Waals surface area contributed by atoms with Gasteiger partial charge in [0.05, 0.1) is 24.6 Å². The lowest BCUT2D eigenvalue weighted by atomic mass is 10.1. The van der Waals surface area contributed by atoms with E-state index >= 15 is 0 Å². The van der Waals surface area contributed by atoms with Gasteiger partial charge in [-0.1, -0.05) is 0 Å². The van der Waals surface area contributed by atoms with Gasteiger partial charge in [-0.2, -0.15) is 0 Å². The largest absolute Gasteiger partial charge is 0.506 e. The predicted octanol–water partition coefficient (Wildman–Crippen LogP) is 1.37. The number of nitrogens with zero attached hydrogens (tertiary/aromatic N) is 1. The van der Waals surface area contributed by atoms with Crippen molar-refractivity contribution in [2.45, 2.75) is 19.6 Å². The van der Waals surface area contributed by atoms with Crippen molar-refractivity contribution in [3.63, 3.8) is 0 Å². The van der Waals surface area contributed by atoms with Crippen LogP contribution in [0.15, 0.2) is 46.8 Å². The van der Waals surface area contributed by atoms with E-state index in [9.17, 15) is 9.90 Å². The summed E-state index contributed by atoms with van der Waals surface area (Å²) in [7, 11) is 1.57. The number of hydrogen-bond acceptors (Lipinski definition) is 7. The first-order chi connectivity index (χ1) is 11.4. The second-order valence-electron chi connectivity index (χ2n) is 5.49. The fourth-order valence-electron chi connectivity index (χ4n) is 2.15. The van der Waals surface area contributed by atoms with Crippen LogP contribution in [0.5, 0.6) is 0 Å². The number of nitrogens with two attached hydrogens (primary N) is 1. The number of aliphatic hydroxyl groups is 2. The number of methoxy groups -OCH3 is 1. The topological polar surface area (TPSA) is 117 Å². The second kappa shape index (κ2) is 7.76. The highest BCUT2D eigenvalue weighted by Crippen LogP contribution is 2.23. The number of carbonyl (C=O) groups excluding carboxylic acids is 1. The molecule has 1 aliphatic carbocycles. The van der Waals surface area contributed by atoms with Gasteiger partial charge in [-0.3, -0.25) is 4.79 Å². The monoisotopic (exact) mass is 331 g/mol. The highest BCUT2D eigenvalue weighted by Gasteiger charge is 2.19. The summed E-state index contributed by atoms with van der Waals surface area (Å²) in [4.78, 5) is 16.3. The van der Waals surface area contributed by atoms with Crippen LogP contribution in [0.25, 0.3) is 0 Å². The number of carbonyl (C=O) groups is 1. The minimum atomic E-state index is -0.371. The first kappa shape index (κ1) is 17.7. The van der Waals surface area contributed by atoms with Crippen LogP contribution in [-0.2, 0) is 16.1 Å². The molecule has 0 fully saturated rings. The van der Waals surface area contributed by atoms with E-state index in [1.54, 1.807) is 32.2 Å². The molecule has 0 amide bonds. The van der Waals surface area contributed by atoms with E-state index in [1.807, 2.05) is 0 Å². The maximum absolute atomic E-state index is 11.9. The quantitative estimate of drug-likeness (QED) is 0.462. The van der Waals surface area contributed by atoms with Crippen molar-refractivity contribution in [3.05, 3.63) is 47.4 Å². The molecule has 128 valence electrons. The molecule has 1 atom stereocenters. The second-order valence-corrected chi connectivity index (χ2v) is 5.49. The van der Waals surface area contributed by atoms with Gasteiger partial charge in [0.2, 0.25) is 5.78 Å². The van der Waals surface area contributed by atoms with Crippen molar-refractivity contribution in [2.24, 2.45) is 4.99 Å². The molecule has 0 radical (unpaired) electrons. The number of ketones is 1. The van der Waals surface area contributed by atoms with Crippen LogP contribution >= 0.6 is 0 Å². The van der Waals surface area contributed by atoms with Crippen LogP contribution in [0.4, 0.5) is 11.4 Å². The molecule has 0 heterocycles. The standard InChI is InChI=1S/C17H21N3O4/c1-10(8-21)19-14-6-15(17(23)7-16(14)22)20-12-3-4-13(18)11(5-12)9-24-2/h3-7,10,19,21,23H,8-9,18H2,1-2H3/b20-15-. The summed E-state index contributed by atoms with van der Waals surface area (Å²) in [5.74, 6) is -0.587. The molecule has 1 aromatic rings. The van der Waals surface area contributed by atoms with Gasteiger partial charge in [0.15, 0.2) is 0 Å². The number of allylic oxidation sites excluding steroid dienone is 2. The fourth-order valence-corrected chi connectivity index (χ4v) is 2.15. The maximum atomic E-state index is 11.9. The lowest BCUT2D eigenvalue weighted by Gasteiger charge is -2.17. The van der Waals surface area contributed by atoms with E-state index in [1.165, 1.54) is 6.08 Å². The Morgan fingerprint density at radius 2 is 2.12 bits per heavy atom. The number of benzene rings is 1. The van der Waals surface area contributed by atoms with E-state index in [2.05, 4.69) is 10.3 Å². The van der Waals surface area contributed by atoms with Gasteiger partial charge in [-0.15, -0.1) is 0 Å². The van der Waals surface area contributed by atoms with Crippen LogP contribution in [0, 0.1) is 0 Å². The number of nitrogen functional groups attached to an aromatic ring is 1. The maximum Gasteiger partial charge on any atom is 0.205 e. The normalized spacial score (nSPS) is 17.5. The third-order valence-corrected chi connectivity index (χ3v) is 3.43. The lowest BCUT2D eigenvalue weighted by Crippen LogP contribution is -2.33. The van der Waals surface area contributed by atoms with E-state index in [0.717, 1.165) is 11.6 Å². The summed E-state index contributed by atoms with van der Waals surface area (Å²) in [6, 6.07) is 4.88. The van der Waals surface area contributed by atoms with Gasteiger partial charge in [0.25, 0.3) is 0 Å². The number of hydrogen-bond donors (Lipinski definition) is 4. The number of aliphatic hydroxyl groups excluding tert-OH is 2. The molecule has 2 rings (SSSR count). The van der Waals surface area contributed by atoms with Crippen molar-refractivity contribution in [2.75, 3.05) is 19.5 Å². The molecule has 1 unspecified atom stereocenters. The minimum Gasteiger partial charge on any atom is -0.506 e. The minimum absolute atomic E-state index is 0.120. The number of anilines is 1. The summed E-state index contributed by atoms with van der Waals surface area (Å²) < 4.78 is 5.08. The lowest BCUT2D eigenvalue weighted by molar-refractivity contribution is -0.111. The van der Waals surface area contributed by atoms with E-state index in [4.69, 9.17) is 15.6 Å². The third-order valence-electron chi connectivity index (χ3n) is 3.43. The van der Waals surface area contributed by atoms with Crippen molar-refractivity contribution >= 4 is 22.9 Å². The molecule has 1 aromatic carbocycles.